The molecule has 1 atom stereocenters. The molecule has 1 aliphatic carbocycles. The quantitative estimate of drug-likeness (QED) is 0.764. The van der Waals surface area contributed by atoms with Gasteiger partial charge in [-0.05, 0) is 25.3 Å². The molecule has 0 N–H and O–H groups in total. The fraction of sp³-hybridized carbons (Fsp3) is 0.500. The lowest BCUT2D eigenvalue weighted by atomic mass is 9.76. The minimum atomic E-state index is -0.177. The maximum absolute atomic E-state index is 12.0. The van der Waals surface area contributed by atoms with E-state index in [9.17, 15) is 9.59 Å². The molecule has 2 fully saturated rings. The molecule has 0 bridgehead atoms. The SMILES string of the molecule is CC1(c2ccccc2)CC(=O)N1C1CCC(=O)CC1. The molecule has 1 unspecified atom stereocenters. The molecule has 3 rings (SSSR count). The van der Waals surface area contributed by atoms with Crippen molar-refractivity contribution in [2.45, 2.75) is 50.6 Å². The Labute approximate surface area is 113 Å². The topological polar surface area (TPSA) is 37.4 Å². The van der Waals surface area contributed by atoms with Crippen LogP contribution in [0, 0.1) is 0 Å². The molecule has 100 valence electrons. The van der Waals surface area contributed by atoms with Gasteiger partial charge in [0.1, 0.15) is 5.78 Å². The zero-order valence-corrected chi connectivity index (χ0v) is 11.3. The largest absolute Gasteiger partial charge is 0.330 e. The van der Waals surface area contributed by atoms with Gasteiger partial charge in [0, 0.05) is 18.9 Å². The number of ketones is 1. The molecule has 19 heavy (non-hydrogen) atoms. The average Bonchev–Trinajstić information content (AvgIpc) is 2.42. The molecule has 2 aliphatic rings. The number of likely N-dealkylation sites (tertiary alicyclic amines) is 1. The van der Waals surface area contributed by atoms with Crippen molar-refractivity contribution in [3.05, 3.63) is 35.9 Å². The highest BCUT2D eigenvalue weighted by Gasteiger charge is 2.51. The fourth-order valence-electron chi connectivity index (χ4n) is 3.48. The van der Waals surface area contributed by atoms with E-state index >= 15 is 0 Å². The molecule has 3 heteroatoms. The van der Waals surface area contributed by atoms with E-state index in [1.807, 2.05) is 23.1 Å². The maximum atomic E-state index is 12.0. The first-order chi connectivity index (χ1) is 9.11. The van der Waals surface area contributed by atoms with E-state index < -0.39 is 0 Å². The predicted octanol–water partition coefficient (Wildman–Crippen LogP) is 2.65. The number of hydrogen-bond donors (Lipinski definition) is 0. The van der Waals surface area contributed by atoms with E-state index in [0.29, 0.717) is 25.0 Å². The van der Waals surface area contributed by atoms with Crippen molar-refractivity contribution >= 4 is 11.7 Å². The second-order valence-corrected chi connectivity index (χ2v) is 5.85. The molecule has 3 nitrogen and oxygen atoms in total. The van der Waals surface area contributed by atoms with Gasteiger partial charge in [0.05, 0.1) is 12.0 Å². The monoisotopic (exact) mass is 257 g/mol. The Balaban J connectivity index is 1.84. The molecule has 1 heterocycles. The summed E-state index contributed by atoms with van der Waals surface area (Å²) in [6.07, 6.45) is 3.49. The summed E-state index contributed by atoms with van der Waals surface area (Å²) in [7, 11) is 0. The fourth-order valence-corrected chi connectivity index (χ4v) is 3.48. The Morgan fingerprint density at radius 1 is 1.11 bits per heavy atom. The van der Waals surface area contributed by atoms with Crippen LogP contribution in [0.4, 0.5) is 0 Å². The lowest BCUT2D eigenvalue weighted by Gasteiger charge is -2.55. The second kappa shape index (κ2) is 4.48. The Morgan fingerprint density at radius 3 is 2.32 bits per heavy atom. The van der Waals surface area contributed by atoms with E-state index in [1.54, 1.807) is 0 Å². The van der Waals surface area contributed by atoms with Crippen LogP contribution in [0.15, 0.2) is 30.3 Å². The van der Waals surface area contributed by atoms with E-state index in [2.05, 4.69) is 19.1 Å². The number of benzene rings is 1. The van der Waals surface area contributed by atoms with Gasteiger partial charge in [0.25, 0.3) is 0 Å². The molecule has 1 aliphatic heterocycles. The number of carbonyl (C=O) groups excluding carboxylic acids is 2. The van der Waals surface area contributed by atoms with Gasteiger partial charge in [-0.2, -0.15) is 0 Å². The minimum Gasteiger partial charge on any atom is -0.330 e. The van der Waals surface area contributed by atoms with Crippen LogP contribution in [0.5, 0.6) is 0 Å². The van der Waals surface area contributed by atoms with Gasteiger partial charge in [-0.25, -0.2) is 0 Å². The Hall–Kier alpha value is -1.64. The van der Waals surface area contributed by atoms with Crippen LogP contribution in [0.3, 0.4) is 0 Å². The molecule has 0 aromatic heterocycles. The predicted molar refractivity (Wildman–Crippen MR) is 72.5 cm³/mol. The molecule has 1 saturated carbocycles. The minimum absolute atomic E-state index is 0.177. The summed E-state index contributed by atoms with van der Waals surface area (Å²) < 4.78 is 0. The number of hydrogen-bond acceptors (Lipinski definition) is 2. The standard InChI is InChI=1S/C16H19NO2/c1-16(12-5-3-2-4-6-12)11-15(19)17(16)13-7-9-14(18)10-8-13/h2-6,13H,7-11H2,1H3. The number of nitrogens with zero attached hydrogens (tertiary/aromatic N) is 1. The van der Waals surface area contributed by atoms with Crippen molar-refractivity contribution in [2.24, 2.45) is 0 Å². The van der Waals surface area contributed by atoms with Gasteiger partial charge in [-0.1, -0.05) is 30.3 Å². The first-order valence-corrected chi connectivity index (χ1v) is 7.01. The van der Waals surface area contributed by atoms with Crippen molar-refractivity contribution in [3.63, 3.8) is 0 Å². The normalized spacial score (nSPS) is 28.4. The van der Waals surface area contributed by atoms with Crippen LogP contribution in [0.25, 0.3) is 0 Å². The third kappa shape index (κ3) is 1.97. The van der Waals surface area contributed by atoms with Crippen LogP contribution >= 0.6 is 0 Å². The summed E-state index contributed by atoms with van der Waals surface area (Å²) in [5.41, 5.74) is 1.02. The summed E-state index contributed by atoms with van der Waals surface area (Å²) in [5.74, 6) is 0.566. The molecular weight excluding hydrogens is 238 g/mol. The summed E-state index contributed by atoms with van der Waals surface area (Å²) in [6, 6.07) is 10.5. The molecule has 1 aromatic rings. The lowest BCUT2D eigenvalue weighted by Crippen LogP contribution is -2.63. The zero-order chi connectivity index (χ0) is 13.5. The Bertz CT molecular complexity index is 501. The van der Waals surface area contributed by atoms with E-state index in [1.165, 1.54) is 5.56 Å². The van der Waals surface area contributed by atoms with Crippen LogP contribution in [-0.2, 0) is 15.1 Å². The molecule has 0 radical (unpaired) electrons. The molecular formula is C16H19NO2. The van der Waals surface area contributed by atoms with Crippen LogP contribution in [-0.4, -0.2) is 22.6 Å². The highest BCUT2D eigenvalue weighted by atomic mass is 16.2. The first kappa shape index (κ1) is 12.4. The molecule has 1 amide bonds. The number of Topliss-reactive ketones (excluding diaryl/α,β-unsaturated/α-hetero) is 1. The van der Waals surface area contributed by atoms with Crippen LogP contribution in [0.1, 0.15) is 44.6 Å². The summed E-state index contributed by atoms with van der Waals surface area (Å²) in [4.78, 5) is 25.4. The van der Waals surface area contributed by atoms with Crippen molar-refractivity contribution in [3.8, 4) is 0 Å². The van der Waals surface area contributed by atoms with Crippen molar-refractivity contribution in [2.75, 3.05) is 0 Å². The van der Waals surface area contributed by atoms with Crippen LogP contribution < -0.4 is 0 Å². The van der Waals surface area contributed by atoms with Gasteiger partial charge in [-0.15, -0.1) is 0 Å². The first-order valence-electron chi connectivity index (χ1n) is 7.01. The van der Waals surface area contributed by atoms with Crippen molar-refractivity contribution in [1.82, 2.24) is 4.90 Å². The smallest absolute Gasteiger partial charge is 0.226 e. The zero-order valence-electron chi connectivity index (χ0n) is 11.3. The average molecular weight is 257 g/mol. The maximum Gasteiger partial charge on any atom is 0.226 e. The molecule has 0 spiro atoms. The van der Waals surface area contributed by atoms with Crippen molar-refractivity contribution in [1.29, 1.82) is 0 Å². The van der Waals surface area contributed by atoms with E-state index in [0.717, 1.165) is 12.8 Å². The van der Waals surface area contributed by atoms with Gasteiger partial charge >= 0.3 is 0 Å². The Kier molecular flexibility index (Phi) is 2.92. The highest BCUT2D eigenvalue weighted by Crippen LogP contribution is 2.44. The van der Waals surface area contributed by atoms with Gasteiger partial charge in [0.2, 0.25) is 5.91 Å². The van der Waals surface area contributed by atoms with E-state index in [4.69, 9.17) is 0 Å². The summed E-state index contributed by atoms with van der Waals surface area (Å²) >= 11 is 0. The van der Waals surface area contributed by atoms with Crippen LogP contribution in [0.2, 0.25) is 0 Å². The van der Waals surface area contributed by atoms with Gasteiger partial charge < -0.3 is 4.90 Å². The number of amides is 1. The number of rotatable bonds is 2. The van der Waals surface area contributed by atoms with Crippen molar-refractivity contribution < 1.29 is 9.59 Å². The Morgan fingerprint density at radius 2 is 1.74 bits per heavy atom. The molecule has 1 aromatic carbocycles. The highest BCUT2D eigenvalue weighted by molar-refractivity contribution is 5.86. The third-order valence-electron chi connectivity index (χ3n) is 4.57. The lowest BCUT2D eigenvalue weighted by molar-refractivity contribution is -0.164. The number of carbonyl (C=O) groups is 2. The summed E-state index contributed by atoms with van der Waals surface area (Å²) in [5, 5.41) is 0. The van der Waals surface area contributed by atoms with E-state index in [-0.39, 0.29) is 17.5 Å². The van der Waals surface area contributed by atoms with Gasteiger partial charge in [-0.3, -0.25) is 9.59 Å². The number of β-lactam (4-membered cyclic amide) rings is 1. The second-order valence-electron chi connectivity index (χ2n) is 5.85. The summed E-state index contributed by atoms with van der Waals surface area (Å²) in [6.45, 7) is 2.14. The molecule has 1 saturated heterocycles. The third-order valence-corrected chi connectivity index (χ3v) is 4.57. The van der Waals surface area contributed by atoms with Gasteiger partial charge in [0.15, 0.2) is 0 Å².